The van der Waals surface area contributed by atoms with Crippen molar-refractivity contribution in [1.29, 1.82) is 0 Å². The molecule has 0 heteroatoms. The zero-order valence-electron chi connectivity index (χ0n) is 6.14. The summed E-state index contributed by atoms with van der Waals surface area (Å²) in [5, 5.41) is 0. The largest absolute Gasteiger partial charge is 0.0912 e. The van der Waals surface area contributed by atoms with Gasteiger partial charge in [-0.15, -0.1) is 0 Å². The van der Waals surface area contributed by atoms with E-state index in [0.717, 1.165) is 24.0 Å². The average molecular weight is 132 g/mol. The molecule has 0 aromatic carbocycles. The summed E-state index contributed by atoms with van der Waals surface area (Å²) in [5.41, 5.74) is 2.05. The molecule has 10 heavy (non-hydrogen) atoms. The molecule has 0 bridgehead atoms. The minimum Gasteiger partial charge on any atom is -0.0912 e. The molecular weight excluding hydrogens is 120 g/mol. The van der Waals surface area contributed by atoms with E-state index in [1.807, 2.05) is 12.2 Å². The van der Waals surface area contributed by atoms with E-state index >= 15 is 0 Å². The Labute approximate surface area is 62.3 Å². The predicted molar refractivity (Wildman–Crippen MR) is 45.8 cm³/mol. The van der Waals surface area contributed by atoms with Crippen LogP contribution in [0.3, 0.4) is 0 Å². The van der Waals surface area contributed by atoms with Crippen molar-refractivity contribution in [3.63, 3.8) is 0 Å². The van der Waals surface area contributed by atoms with Crippen molar-refractivity contribution >= 4 is 0 Å². The van der Waals surface area contributed by atoms with Gasteiger partial charge in [0.25, 0.3) is 0 Å². The quantitative estimate of drug-likeness (QED) is 0.475. The van der Waals surface area contributed by atoms with E-state index in [4.69, 9.17) is 0 Å². The number of hydrogen-bond acceptors (Lipinski definition) is 0. The standard InChI is InChI=1S/C10H12/c1-9-7-5-3-4-6-8-10(9)2/h5-8H,1-4H2/b7-5-,8-6-. The van der Waals surface area contributed by atoms with Crippen LogP contribution >= 0.6 is 0 Å². The second-order valence-electron chi connectivity index (χ2n) is 2.43. The van der Waals surface area contributed by atoms with Crippen LogP contribution in [-0.4, -0.2) is 0 Å². The van der Waals surface area contributed by atoms with Gasteiger partial charge in [-0.25, -0.2) is 0 Å². The van der Waals surface area contributed by atoms with Crippen LogP contribution in [0.15, 0.2) is 48.6 Å². The molecular formula is C10H12. The number of allylic oxidation sites excluding steroid dienone is 6. The Morgan fingerprint density at radius 3 is 1.70 bits per heavy atom. The highest BCUT2D eigenvalue weighted by molar-refractivity contribution is 5.43. The monoisotopic (exact) mass is 132 g/mol. The summed E-state index contributed by atoms with van der Waals surface area (Å²) < 4.78 is 0. The maximum absolute atomic E-state index is 3.86. The molecule has 0 saturated heterocycles. The first kappa shape index (κ1) is 7.07. The van der Waals surface area contributed by atoms with E-state index in [0.29, 0.717) is 0 Å². The summed E-state index contributed by atoms with van der Waals surface area (Å²) >= 11 is 0. The van der Waals surface area contributed by atoms with E-state index in [1.165, 1.54) is 0 Å². The Morgan fingerprint density at radius 2 is 1.30 bits per heavy atom. The molecule has 0 aromatic rings. The molecule has 0 radical (unpaired) electrons. The third-order valence-electron chi connectivity index (χ3n) is 1.55. The van der Waals surface area contributed by atoms with E-state index < -0.39 is 0 Å². The van der Waals surface area contributed by atoms with Gasteiger partial charge in [0.1, 0.15) is 0 Å². The van der Waals surface area contributed by atoms with Crippen LogP contribution in [0.1, 0.15) is 12.8 Å². The molecule has 0 aromatic heterocycles. The van der Waals surface area contributed by atoms with Crippen molar-refractivity contribution in [2.24, 2.45) is 0 Å². The molecule has 52 valence electrons. The van der Waals surface area contributed by atoms with Crippen LogP contribution < -0.4 is 0 Å². The second-order valence-corrected chi connectivity index (χ2v) is 2.43. The molecule has 1 rings (SSSR count). The minimum absolute atomic E-state index is 1.02. The molecule has 0 nitrogen and oxygen atoms in total. The van der Waals surface area contributed by atoms with E-state index in [1.54, 1.807) is 0 Å². The first-order valence-corrected chi connectivity index (χ1v) is 3.52. The zero-order valence-corrected chi connectivity index (χ0v) is 6.14. The van der Waals surface area contributed by atoms with Crippen LogP contribution in [0.5, 0.6) is 0 Å². The Bertz CT molecular complexity index is 180. The van der Waals surface area contributed by atoms with Crippen molar-refractivity contribution in [2.45, 2.75) is 12.8 Å². The van der Waals surface area contributed by atoms with Gasteiger partial charge in [-0.3, -0.25) is 0 Å². The molecule has 0 atom stereocenters. The maximum Gasteiger partial charge on any atom is -0.0265 e. The lowest BCUT2D eigenvalue weighted by Gasteiger charge is -2.01. The van der Waals surface area contributed by atoms with Gasteiger partial charge in [0.05, 0.1) is 0 Å². The lowest BCUT2D eigenvalue weighted by molar-refractivity contribution is 1.04. The first-order chi connectivity index (χ1) is 4.80. The van der Waals surface area contributed by atoms with E-state index in [2.05, 4.69) is 25.3 Å². The highest BCUT2D eigenvalue weighted by Gasteiger charge is 1.92. The highest BCUT2D eigenvalue weighted by Crippen LogP contribution is 2.12. The number of rotatable bonds is 0. The maximum atomic E-state index is 3.86. The lowest BCUT2D eigenvalue weighted by Crippen LogP contribution is -1.81. The average Bonchev–Trinajstić information content (AvgIpc) is 1.92. The summed E-state index contributed by atoms with van der Waals surface area (Å²) in [4.78, 5) is 0. The molecule has 0 unspecified atom stereocenters. The van der Waals surface area contributed by atoms with E-state index in [9.17, 15) is 0 Å². The van der Waals surface area contributed by atoms with Gasteiger partial charge >= 0.3 is 0 Å². The molecule has 0 amide bonds. The molecule has 0 N–H and O–H groups in total. The van der Waals surface area contributed by atoms with Gasteiger partial charge in [0.2, 0.25) is 0 Å². The molecule has 0 spiro atoms. The predicted octanol–water partition coefficient (Wildman–Crippen LogP) is 3.01. The van der Waals surface area contributed by atoms with Gasteiger partial charge in [-0.05, 0) is 24.0 Å². The highest BCUT2D eigenvalue weighted by atomic mass is 14.0. The van der Waals surface area contributed by atoms with Crippen LogP contribution in [0.4, 0.5) is 0 Å². The molecule has 1 aliphatic rings. The third-order valence-corrected chi connectivity index (χ3v) is 1.55. The summed E-state index contributed by atoms with van der Waals surface area (Å²) in [6.07, 6.45) is 10.6. The fourth-order valence-electron chi connectivity index (χ4n) is 0.858. The first-order valence-electron chi connectivity index (χ1n) is 3.52. The number of hydrogen-bond donors (Lipinski definition) is 0. The Morgan fingerprint density at radius 1 is 0.900 bits per heavy atom. The van der Waals surface area contributed by atoms with Gasteiger partial charge in [0, 0.05) is 0 Å². The SMILES string of the molecule is C=C1/C=C\CC/C=C\C1=C. The Balaban J connectivity index is 2.74. The van der Waals surface area contributed by atoms with Crippen molar-refractivity contribution in [2.75, 3.05) is 0 Å². The smallest absolute Gasteiger partial charge is 0.0265 e. The summed E-state index contributed by atoms with van der Waals surface area (Å²) in [5.74, 6) is 0. The fraction of sp³-hybridized carbons (Fsp3) is 0.200. The van der Waals surface area contributed by atoms with E-state index in [-0.39, 0.29) is 0 Å². The van der Waals surface area contributed by atoms with Gasteiger partial charge < -0.3 is 0 Å². The summed E-state index contributed by atoms with van der Waals surface area (Å²) in [7, 11) is 0. The topological polar surface area (TPSA) is 0 Å². The normalized spacial score (nSPS) is 25.2. The zero-order chi connectivity index (χ0) is 7.40. The van der Waals surface area contributed by atoms with Crippen LogP contribution in [-0.2, 0) is 0 Å². The minimum atomic E-state index is 1.02. The third kappa shape index (κ3) is 1.73. The molecule has 0 saturated carbocycles. The second kappa shape index (κ2) is 3.21. The van der Waals surface area contributed by atoms with Gasteiger partial charge in [-0.1, -0.05) is 37.5 Å². The van der Waals surface area contributed by atoms with Gasteiger partial charge in [0.15, 0.2) is 0 Å². The van der Waals surface area contributed by atoms with Crippen LogP contribution in [0, 0.1) is 0 Å². The molecule has 0 aliphatic heterocycles. The van der Waals surface area contributed by atoms with Crippen molar-refractivity contribution < 1.29 is 0 Å². The molecule has 0 heterocycles. The van der Waals surface area contributed by atoms with Crippen LogP contribution in [0.2, 0.25) is 0 Å². The summed E-state index contributed by atoms with van der Waals surface area (Å²) in [6.45, 7) is 7.72. The van der Waals surface area contributed by atoms with Crippen molar-refractivity contribution in [3.05, 3.63) is 48.6 Å². The summed E-state index contributed by atoms with van der Waals surface area (Å²) in [6, 6.07) is 0. The van der Waals surface area contributed by atoms with Crippen molar-refractivity contribution in [3.8, 4) is 0 Å². The van der Waals surface area contributed by atoms with Gasteiger partial charge in [-0.2, -0.15) is 0 Å². The Kier molecular flexibility index (Phi) is 2.27. The Hall–Kier alpha value is -1.04. The molecule has 1 aliphatic carbocycles. The van der Waals surface area contributed by atoms with Crippen LogP contribution in [0.25, 0.3) is 0 Å². The van der Waals surface area contributed by atoms with Crippen molar-refractivity contribution in [1.82, 2.24) is 0 Å². The fourth-order valence-corrected chi connectivity index (χ4v) is 0.858. The molecule has 0 fully saturated rings. The lowest BCUT2D eigenvalue weighted by atomic mass is 10.1.